The molecular weight excluding hydrogens is 296 g/mol. The normalized spacial score (nSPS) is 15.6. The van der Waals surface area contributed by atoms with Crippen LogP contribution in [-0.2, 0) is 10.2 Å². The Bertz CT molecular complexity index is 676. The van der Waals surface area contributed by atoms with Gasteiger partial charge in [0, 0.05) is 5.02 Å². The Morgan fingerprint density at radius 3 is 2.14 bits per heavy atom. The number of carbonyl (C=O) groups is 1. The predicted octanol–water partition coefficient (Wildman–Crippen LogP) is 4.29. The standard InChI is InChI=1S/C16H12ClF2NO/c17-11-6-4-10(5-7-11)16(8-9-16)15(21)20-14-12(18)2-1-3-13(14)19/h1-7H,8-9H2,(H,20,21). The molecule has 5 heteroatoms. The van der Waals surface area contributed by atoms with Crippen LogP contribution in [0.2, 0.25) is 5.02 Å². The molecule has 0 spiro atoms. The fourth-order valence-electron chi connectivity index (χ4n) is 2.39. The molecule has 0 heterocycles. The summed E-state index contributed by atoms with van der Waals surface area (Å²) < 4.78 is 27.2. The summed E-state index contributed by atoms with van der Waals surface area (Å²) in [5, 5.41) is 2.95. The Morgan fingerprint density at radius 1 is 1.05 bits per heavy atom. The SMILES string of the molecule is O=C(Nc1c(F)cccc1F)C1(c2ccc(Cl)cc2)CC1. The molecular formula is C16H12ClF2NO. The van der Waals surface area contributed by atoms with Crippen molar-refractivity contribution < 1.29 is 13.6 Å². The van der Waals surface area contributed by atoms with Gasteiger partial charge in [0.2, 0.25) is 5.91 Å². The van der Waals surface area contributed by atoms with Crippen molar-refractivity contribution in [3.8, 4) is 0 Å². The highest BCUT2D eigenvalue weighted by Gasteiger charge is 2.51. The van der Waals surface area contributed by atoms with Crippen LogP contribution < -0.4 is 5.32 Å². The molecule has 108 valence electrons. The number of hydrogen-bond acceptors (Lipinski definition) is 1. The third-order valence-corrected chi connectivity index (χ3v) is 4.03. The molecule has 1 aliphatic rings. The molecule has 0 saturated heterocycles. The molecule has 0 bridgehead atoms. The van der Waals surface area contributed by atoms with Crippen molar-refractivity contribution in [3.05, 3.63) is 64.7 Å². The molecule has 2 aromatic rings. The third-order valence-electron chi connectivity index (χ3n) is 3.78. The van der Waals surface area contributed by atoms with Gasteiger partial charge in [-0.1, -0.05) is 29.8 Å². The van der Waals surface area contributed by atoms with Gasteiger partial charge in [-0.3, -0.25) is 4.79 Å². The first-order valence-corrected chi connectivity index (χ1v) is 6.92. The van der Waals surface area contributed by atoms with E-state index in [1.54, 1.807) is 24.3 Å². The maximum absolute atomic E-state index is 13.6. The molecule has 0 unspecified atom stereocenters. The van der Waals surface area contributed by atoms with Crippen LogP contribution in [0.4, 0.5) is 14.5 Å². The Hall–Kier alpha value is -1.94. The van der Waals surface area contributed by atoms with Crippen molar-refractivity contribution in [3.63, 3.8) is 0 Å². The van der Waals surface area contributed by atoms with Gasteiger partial charge in [0.15, 0.2) is 0 Å². The van der Waals surface area contributed by atoms with Crippen LogP contribution >= 0.6 is 11.6 Å². The first-order chi connectivity index (χ1) is 10.0. The van der Waals surface area contributed by atoms with Crippen molar-refractivity contribution >= 4 is 23.2 Å². The number of nitrogens with one attached hydrogen (secondary N) is 1. The van der Waals surface area contributed by atoms with E-state index in [4.69, 9.17) is 11.6 Å². The van der Waals surface area contributed by atoms with E-state index in [1.165, 1.54) is 6.07 Å². The van der Waals surface area contributed by atoms with Crippen LogP contribution in [0.5, 0.6) is 0 Å². The van der Waals surface area contributed by atoms with Crippen LogP contribution in [0.15, 0.2) is 42.5 Å². The minimum Gasteiger partial charge on any atom is -0.320 e. The van der Waals surface area contributed by atoms with Crippen LogP contribution in [0.25, 0.3) is 0 Å². The monoisotopic (exact) mass is 307 g/mol. The summed E-state index contributed by atoms with van der Waals surface area (Å²) in [6, 6.07) is 10.4. The maximum atomic E-state index is 13.6. The second kappa shape index (κ2) is 5.11. The Labute approximate surface area is 125 Å². The first kappa shape index (κ1) is 14.0. The zero-order valence-electron chi connectivity index (χ0n) is 11.0. The molecule has 0 atom stereocenters. The Balaban J connectivity index is 1.87. The lowest BCUT2D eigenvalue weighted by atomic mass is 9.95. The van der Waals surface area contributed by atoms with Gasteiger partial charge < -0.3 is 5.32 Å². The van der Waals surface area contributed by atoms with E-state index in [0.717, 1.165) is 17.7 Å². The smallest absolute Gasteiger partial charge is 0.235 e. The molecule has 1 N–H and O–H groups in total. The molecule has 2 aromatic carbocycles. The summed E-state index contributed by atoms with van der Waals surface area (Å²) in [7, 11) is 0. The molecule has 1 saturated carbocycles. The van der Waals surface area contributed by atoms with Gasteiger partial charge in [-0.2, -0.15) is 0 Å². The van der Waals surface area contributed by atoms with Crippen molar-refractivity contribution in [1.29, 1.82) is 0 Å². The fraction of sp³-hybridized carbons (Fsp3) is 0.188. The number of hydrogen-bond donors (Lipinski definition) is 1. The summed E-state index contributed by atoms with van der Waals surface area (Å²) in [4.78, 5) is 12.4. The fourth-order valence-corrected chi connectivity index (χ4v) is 2.52. The summed E-state index contributed by atoms with van der Waals surface area (Å²) in [5.74, 6) is -1.96. The predicted molar refractivity (Wildman–Crippen MR) is 77.4 cm³/mol. The molecule has 21 heavy (non-hydrogen) atoms. The van der Waals surface area contributed by atoms with Crippen molar-refractivity contribution in [2.75, 3.05) is 5.32 Å². The van der Waals surface area contributed by atoms with Gasteiger partial charge in [-0.25, -0.2) is 8.78 Å². The van der Waals surface area contributed by atoms with E-state index in [-0.39, 0.29) is 0 Å². The summed E-state index contributed by atoms with van der Waals surface area (Å²) >= 11 is 5.83. The van der Waals surface area contributed by atoms with E-state index >= 15 is 0 Å². The molecule has 2 nitrogen and oxygen atoms in total. The van der Waals surface area contributed by atoms with E-state index in [9.17, 15) is 13.6 Å². The van der Waals surface area contributed by atoms with E-state index in [0.29, 0.717) is 17.9 Å². The van der Waals surface area contributed by atoms with E-state index in [1.807, 2.05) is 0 Å². The minimum atomic E-state index is -0.782. The highest BCUT2D eigenvalue weighted by Crippen LogP contribution is 2.49. The Morgan fingerprint density at radius 2 is 1.62 bits per heavy atom. The highest BCUT2D eigenvalue weighted by atomic mass is 35.5. The number of para-hydroxylation sites is 1. The van der Waals surface area contributed by atoms with Gasteiger partial charge in [-0.05, 0) is 42.7 Å². The second-order valence-electron chi connectivity index (χ2n) is 5.14. The average molecular weight is 308 g/mol. The van der Waals surface area contributed by atoms with Crippen LogP contribution in [0.3, 0.4) is 0 Å². The van der Waals surface area contributed by atoms with E-state index in [2.05, 4.69) is 5.32 Å². The van der Waals surface area contributed by atoms with Gasteiger partial charge in [0.05, 0.1) is 5.41 Å². The number of rotatable bonds is 3. The topological polar surface area (TPSA) is 29.1 Å². The van der Waals surface area contributed by atoms with E-state index < -0.39 is 28.6 Å². The zero-order chi connectivity index (χ0) is 15.0. The maximum Gasteiger partial charge on any atom is 0.235 e. The summed E-state index contributed by atoms with van der Waals surface area (Å²) in [6.07, 6.45) is 1.30. The van der Waals surface area contributed by atoms with Gasteiger partial charge in [-0.15, -0.1) is 0 Å². The lowest BCUT2D eigenvalue weighted by molar-refractivity contribution is -0.118. The highest BCUT2D eigenvalue weighted by molar-refractivity contribution is 6.30. The number of benzene rings is 2. The number of amides is 1. The third kappa shape index (κ3) is 2.51. The lowest BCUT2D eigenvalue weighted by Gasteiger charge is -2.16. The lowest BCUT2D eigenvalue weighted by Crippen LogP contribution is -2.28. The van der Waals surface area contributed by atoms with Crippen molar-refractivity contribution in [1.82, 2.24) is 0 Å². The minimum absolute atomic E-state index is 0.395. The van der Waals surface area contributed by atoms with Gasteiger partial charge >= 0.3 is 0 Å². The molecule has 1 amide bonds. The van der Waals surface area contributed by atoms with Crippen molar-refractivity contribution in [2.45, 2.75) is 18.3 Å². The van der Waals surface area contributed by atoms with Crippen LogP contribution in [-0.4, -0.2) is 5.91 Å². The first-order valence-electron chi connectivity index (χ1n) is 6.54. The summed E-state index contributed by atoms with van der Waals surface area (Å²) in [6.45, 7) is 0. The van der Waals surface area contributed by atoms with Crippen LogP contribution in [0.1, 0.15) is 18.4 Å². The van der Waals surface area contributed by atoms with Crippen LogP contribution in [0, 0.1) is 11.6 Å². The van der Waals surface area contributed by atoms with Crippen molar-refractivity contribution in [2.24, 2.45) is 0 Å². The molecule has 0 radical (unpaired) electrons. The number of halogens is 3. The van der Waals surface area contributed by atoms with Gasteiger partial charge in [0.1, 0.15) is 17.3 Å². The molecule has 1 aliphatic carbocycles. The second-order valence-corrected chi connectivity index (χ2v) is 5.58. The largest absolute Gasteiger partial charge is 0.320 e. The molecule has 0 aliphatic heterocycles. The summed E-state index contributed by atoms with van der Waals surface area (Å²) in [5.41, 5.74) is -0.303. The Kier molecular flexibility index (Phi) is 3.41. The number of carbonyl (C=O) groups excluding carboxylic acids is 1. The zero-order valence-corrected chi connectivity index (χ0v) is 11.8. The molecule has 0 aromatic heterocycles. The van der Waals surface area contributed by atoms with Gasteiger partial charge in [0.25, 0.3) is 0 Å². The molecule has 3 rings (SSSR count). The average Bonchev–Trinajstić information content (AvgIpc) is 3.25. The quantitative estimate of drug-likeness (QED) is 0.900. The number of anilines is 1. The molecule has 1 fully saturated rings.